The summed E-state index contributed by atoms with van der Waals surface area (Å²) in [5, 5.41) is 9.35. The quantitative estimate of drug-likeness (QED) is 0.696. The molecule has 0 bridgehead atoms. The van der Waals surface area contributed by atoms with Crippen molar-refractivity contribution in [2.45, 2.75) is 37.8 Å². The Morgan fingerprint density at radius 2 is 1.88 bits per heavy atom. The van der Waals surface area contributed by atoms with E-state index in [2.05, 4.69) is 16.0 Å². The van der Waals surface area contributed by atoms with Gasteiger partial charge in [0.2, 0.25) is 0 Å². The van der Waals surface area contributed by atoms with Crippen LogP contribution in [0.1, 0.15) is 18.9 Å². The van der Waals surface area contributed by atoms with Crippen LogP contribution in [-0.2, 0) is 9.53 Å². The summed E-state index contributed by atoms with van der Waals surface area (Å²) in [5.41, 5.74) is 7.86. The highest BCUT2D eigenvalue weighted by Gasteiger charge is 2.46. The summed E-state index contributed by atoms with van der Waals surface area (Å²) >= 11 is 0. The molecule has 2 fully saturated rings. The van der Waals surface area contributed by atoms with Gasteiger partial charge < -0.3 is 20.3 Å². The van der Waals surface area contributed by atoms with Crippen molar-refractivity contribution in [2.24, 2.45) is 11.7 Å². The van der Waals surface area contributed by atoms with Crippen LogP contribution in [0.15, 0.2) is 24.5 Å². The summed E-state index contributed by atoms with van der Waals surface area (Å²) in [6.07, 6.45) is -2.89. The van der Waals surface area contributed by atoms with Crippen LogP contribution in [0.3, 0.4) is 0 Å². The lowest BCUT2D eigenvalue weighted by Crippen LogP contribution is -2.59. The summed E-state index contributed by atoms with van der Waals surface area (Å²) in [6, 6.07) is 4.73. The molecule has 2 aromatic rings. The molecular formula is C21H24ClF3N6O2. The van der Waals surface area contributed by atoms with Gasteiger partial charge in [-0.15, -0.1) is 12.4 Å². The van der Waals surface area contributed by atoms with Gasteiger partial charge in [-0.2, -0.15) is 18.4 Å². The van der Waals surface area contributed by atoms with E-state index in [1.54, 1.807) is 19.1 Å². The smallest absolute Gasteiger partial charge is 0.364 e. The average Bonchev–Trinajstić information content (AvgIpc) is 2.76. The van der Waals surface area contributed by atoms with E-state index in [-0.39, 0.29) is 38.0 Å². The minimum absolute atomic E-state index is 0. The maximum Gasteiger partial charge on any atom is 0.393 e. The number of nitrogens with two attached hydrogens (primary N) is 1. The van der Waals surface area contributed by atoms with E-state index < -0.39 is 36.7 Å². The highest BCUT2D eigenvalue weighted by molar-refractivity contribution is 5.92. The van der Waals surface area contributed by atoms with Crippen molar-refractivity contribution in [1.29, 1.82) is 5.26 Å². The van der Waals surface area contributed by atoms with Crippen molar-refractivity contribution in [3.8, 4) is 6.07 Å². The third kappa shape index (κ3) is 5.13. The van der Waals surface area contributed by atoms with E-state index in [4.69, 9.17) is 10.5 Å². The Bertz CT molecular complexity index is 1060. The van der Waals surface area contributed by atoms with Crippen LogP contribution in [0.25, 0.3) is 11.0 Å². The lowest BCUT2D eigenvalue weighted by molar-refractivity contribution is -0.192. The predicted octanol–water partition coefficient (Wildman–Crippen LogP) is 2.26. The number of carbonyl (C=O) groups excluding carboxylic acids is 1. The molecule has 0 unspecified atom stereocenters. The van der Waals surface area contributed by atoms with E-state index in [1.807, 2.05) is 4.90 Å². The Labute approximate surface area is 194 Å². The molecule has 3 heterocycles. The largest absolute Gasteiger partial charge is 0.393 e. The normalized spacial score (nSPS) is 25.9. The van der Waals surface area contributed by atoms with E-state index in [1.165, 1.54) is 17.3 Å². The first kappa shape index (κ1) is 25.0. The van der Waals surface area contributed by atoms with E-state index in [9.17, 15) is 23.2 Å². The van der Waals surface area contributed by atoms with Crippen molar-refractivity contribution in [1.82, 2.24) is 14.9 Å². The highest BCUT2D eigenvalue weighted by Crippen LogP contribution is 2.34. The number of hydrogen-bond acceptors (Lipinski definition) is 7. The summed E-state index contributed by atoms with van der Waals surface area (Å²) in [5.74, 6) is -2.15. The molecule has 1 aromatic heterocycles. The fourth-order valence-electron chi connectivity index (χ4n) is 4.43. The first-order valence-corrected chi connectivity index (χ1v) is 10.3. The van der Waals surface area contributed by atoms with Gasteiger partial charge in [-0.05, 0) is 25.5 Å². The Morgan fingerprint density at radius 1 is 1.18 bits per heavy atom. The van der Waals surface area contributed by atoms with Crippen molar-refractivity contribution in [3.05, 3.63) is 30.1 Å². The second-order valence-electron chi connectivity index (χ2n) is 8.32. The number of anilines is 1. The number of benzene rings is 1. The monoisotopic (exact) mass is 484 g/mol. The summed E-state index contributed by atoms with van der Waals surface area (Å²) in [7, 11) is 0. The standard InChI is InChI=1S/C21H23F3N6O2.ClH/c1-12-8-29(16-3-2-13(7-25)18-19(16)28-5-4-27-18)11-17(32-12)20(31)30-9-14(21(22,23)24)6-15(26)10-30;/h2-5,12,14-15,17H,6,8-11,26H2,1H3;1H/t12-,14+,15-,17-;/m1./s1. The first-order valence-electron chi connectivity index (χ1n) is 10.3. The highest BCUT2D eigenvalue weighted by atomic mass is 35.5. The van der Waals surface area contributed by atoms with Gasteiger partial charge in [-0.1, -0.05) is 0 Å². The molecule has 2 aliphatic rings. The molecule has 4 atom stereocenters. The molecule has 4 rings (SSSR count). The summed E-state index contributed by atoms with van der Waals surface area (Å²) < 4.78 is 45.7. The lowest BCUT2D eigenvalue weighted by Gasteiger charge is -2.42. The third-order valence-corrected chi connectivity index (χ3v) is 5.86. The number of nitriles is 1. The van der Waals surface area contributed by atoms with Gasteiger partial charge in [0.15, 0.2) is 6.10 Å². The number of nitrogens with zero attached hydrogens (tertiary/aromatic N) is 5. The SMILES string of the molecule is C[C@@H]1CN(c2ccc(C#N)c3nccnc23)C[C@H](C(=O)N2C[C@H](N)C[C@H](C(F)(F)F)C2)O1.Cl. The number of hydrogen-bond donors (Lipinski definition) is 1. The van der Waals surface area contributed by atoms with Crippen molar-refractivity contribution < 1.29 is 22.7 Å². The van der Waals surface area contributed by atoms with Gasteiger partial charge in [0.1, 0.15) is 17.1 Å². The molecule has 0 radical (unpaired) electrons. The minimum atomic E-state index is -4.41. The van der Waals surface area contributed by atoms with Crippen LogP contribution in [0, 0.1) is 17.2 Å². The Hall–Kier alpha value is -2.68. The zero-order valence-electron chi connectivity index (χ0n) is 17.8. The fourth-order valence-corrected chi connectivity index (χ4v) is 4.43. The fraction of sp³-hybridized carbons (Fsp3) is 0.524. The topological polar surface area (TPSA) is 108 Å². The number of fused-ring (bicyclic) bond motifs is 1. The predicted molar refractivity (Wildman–Crippen MR) is 117 cm³/mol. The van der Waals surface area contributed by atoms with E-state index >= 15 is 0 Å². The second kappa shape index (κ2) is 9.67. The molecule has 1 aromatic carbocycles. The molecule has 12 heteroatoms. The molecule has 2 N–H and O–H groups in total. The summed E-state index contributed by atoms with van der Waals surface area (Å²) in [4.78, 5) is 24.8. The Kier molecular flexibility index (Phi) is 7.31. The maximum absolute atomic E-state index is 13.3. The van der Waals surface area contributed by atoms with Crippen LogP contribution >= 0.6 is 12.4 Å². The number of aromatic nitrogens is 2. The third-order valence-electron chi connectivity index (χ3n) is 5.86. The number of likely N-dealkylation sites (tertiary alicyclic amines) is 1. The van der Waals surface area contributed by atoms with Gasteiger partial charge in [-0.3, -0.25) is 14.8 Å². The van der Waals surface area contributed by atoms with E-state index in [0.29, 0.717) is 28.8 Å². The van der Waals surface area contributed by atoms with Crippen molar-refractivity contribution >= 4 is 35.0 Å². The van der Waals surface area contributed by atoms with Crippen molar-refractivity contribution in [2.75, 3.05) is 31.1 Å². The van der Waals surface area contributed by atoms with Crippen LogP contribution in [0.4, 0.5) is 18.9 Å². The number of morpholine rings is 1. The summed E-state index contributed by atoms with van der Waals surface area (Å²) in [6.45, 7) is 2.03. The van der Waals surface area contributed by atoms with Crippen molar-refractivity contribution in [3.63, 3.8) is 0 Å². The van der Waals surface area contributed by atoms with E-state index in [0.717, 1.165) is 0 Å². The number of piperidine rings is 1. The Morgan fingerprint density at radius 3 is 2.55 bits per heavy atom. The Balaban J connectivity index is 0.00000306. The number of carbonyl (C=O) groups is 1. The van der Waals surface area contributed by atoms with Gasteiger partial charge in [0.25, 0.3) is 5.91 Å². The first-order chi connectivity index (χ1) is 15.2. The molecule has 0 aliphatic carbocycles. The molecule has 0 spiro atoms. The average molecular weight is 485 g/mol. The lowest BCUT2D eigenvalue weighted by atomic mass is 9.93. The van der Waals surface area contributed by atoms with Gasteiger partial charge in [0, 0.05) is 38.1 Å². The molecule has 8 nitrogen and oxygen atoms in total. The molecule has 2 aliphatic heterocycles. The van der Waals surface area contributed by atoms with Gasteiger partial charge in [-0.25, -0.2) is 0 Å². The number of amides is 1. The number of ether oxygens (including phenoxy) is 1. The minimum Gasteiger partial charge on any atom is -0.364 e. The maximum atomic E-state index is 13.3. The van der Waals surface area contributed by atoms with Gasteiger partial charge >= 0.3 is 6.18 Å². The molecule has 1 amide bonds. The second-order valence-corrected chi connectivity index (χ2v) is 8.32. The molecule has 2 saturated heterocycles. The van der Waals surface area contributed by atoms with Crippen LogP contribution in [-0.4, -0.2) is 71.4 Å². The van der Waals surface area contributed by atoms with Crippen LogP contribution in [0.5, 0.6) is 0 Å². The molecule has 33 heavy (non-hydrogen) atoms. The zero-order valence-corrected chi connectivity index (χ0v) is 18.6. The molecule has 0 saturated carbocycles. The van der Waals surface area contributed by atoms with Gasteiger partial charge in [0.05, 0.1) is 29.8 Å². The van der Waals surface area contributed by atoms with Crippen LogP contribution < -0.4 is 10.6 Å². The zero-order chi connectivity index (χ0) is 23.0. The number of halogens is 4. The number of alkyl halides is 3. The molecular weight excluding hydrogens is 461 g/mol. The van der Waals surface area contributed by atoms with Crippen LogP contribution in [0.2, 0.25) is 0 Å². The number of rotatable bonds is 2. The molecule has 178 valence electrons.